The van der Waals surface area contributed by atoms with Crippen LogP contribution in [0.2, 0.25) is 0 Å². The molecule has 0 fully saturated rings. The van der Waals surface area contributed by atoms with Crippen LogP contribution < -0.4 is 10.1 Å². The molecule has 2 rings (SSSR count). The van der Waals surface area contributed by atoms with Crippen molar-refractivity contribution in [2.75, 3.05) is 39.4 Å². The third-order valence-electron chi connectivity index (χ3n) is 2.51. The molecule has 1 aromatic heterocycles. The molecule has 0 radical (unpaired) electrons. The molecule has 7 heteroatoms. The summed E-state index contributed by atoms with van der Waals surface area (Å²) in [6.45, 7) is 0.845. The first-order valence-corrected chi connectivity index (χ1v) is 6.85. The van der Waals surface area contributed by atoms with Crippen molar-refractivity contribution in [1.82, 2.24) is 4.98 Å². The van der Waals surface area contributed by atoms with Crippen LogP contribution in [0.1, 0.15) is 0 Å². The predicted octanol–water partition coefficient (Wildman–Crippen LogP) is 1.91. The van der Waals surface area contributed by atoms with Crippen molar-refractivity contribution in [2.24, 2.45) is 0 Å². The van der Waals surface area contributed by atoms with E-state index < -0.39 is 0 Å². The van der Waals surface area contributed by atoms with E-state index in [0.717, 1.165) is 16.0 Å². The molecule has 0 saturated heterocycles. The van der Waals surface area contributed by atoms with E-state index in [0.29, 0.717) is 18.3 Å². The third-order valence-corrected chi connectivity index (χ3v) is 3.44. The van der Waals surface area contributed by atoms with Crippen molar-refractivity contribution in [3.05, 3.63) is 18.2 Å². The summed E-state index contributed by atoms with van der Waals surface area (Å²) in [5.41, 5.74) is 0.825. The molecule has 6 nitrogen and oxygen atoms in total. The summed E-state index contributed by atoms with van der Waals surface area (Å²) < 4.78 is 16.1. The summed E-state index contributed by atoms with van der Waals surface area (Å²) in [6, 6.07) is 5.58. The number of nitrogens with one attached hydrogen (secondary N) is 1. The van der Waals surface area contributed by atoms with Crippen molar-refractivity contribution in [3.8, 4) is 5.75 Å². The number of aromatic nitrogens is 1. The molecule has 1 aromatic carbocycles. The van der Waals surface area contributed by atoms with Gasteiger partial charge in [0.05, 0.1) is 30.5 Å². The fraction of sp³-hybridized carbons (Fsp3) is 0.385. The Bertz CT molecular complexity index is 585. The maximum absolute atomic E-state index is 11.6. The summed E-state index contributed by atoms with van der Waals surface area (Å²) in [5.74, 6) is 0.536. The highest BCUT2D eigenvalue weighted by Gasteiger charge is 2.08. The van der Waals surface area contributed by atoms with Crippen molar-refractivity contribution < 1.29 is 19.0 Å². The number of hydrogen-bond donors (Lipinski definition) is 1. The normalized spacial score (nSPS) is 10.7. The fourth-order valence-corrected chi connectivity index (χ4v) is 2.46. The molecule has 0 spiro atoms. The Morgan fingerprint density at radius 2 is 2.20 bits per heavy atom. The second-order valence-electron chi connectivity index (χ2n) is 3.95. The SMILES string of the molecule is COCCOCC(=O)Nc1nc2ccc(OC)cc2s1. The van der Waals surface area contributed by atoms with Gasteiger partial charge in [-0.3, -0.25) is 10.1 Å². The van der Waals surface area contributed by atoms with E-state index >= 15 is 0 Å². The monoisotopic (exact) mass is 296 g/mol. The van der Waals surface area contributed by atoms with Crippen LogP contribution >= 0.6 is 11.3 Å². The van der Waals surface area contributed by atoms with E-state index in [1.807, 2.05) is 18.2 Å². The predicted molar refractivity (Wildman–Crippen MR) is 77.5 cm³/mol. The molecule has 0 aliphatic rings. The van der Waals surface area contributed by atoms with Crippen molar-refractivity contribution in [2.45, 2.75) is 0 Å². The minimum absolute atomic E-state index is 0.0113. The van der Waals surface area contributed by atoms with Crippen LogP contribution in [0.5, 0.6) is 5.75 Å². The minimum atomic E-state index is -0.230. The second-order valence-corrected chi connectivity index (χ2v) is 4.98. The fourth-order valence-electron chi connectivity index (χ4n) is 1.55. The number of carbonyl (C=O) groups is 1. The Morgan fingerprint density at radius 3 is 2.95 bits per heavy atom. The summed E-state index contributed by atoms with van der Waals surface area (Å²) in [7, 11) is 3.20. The van der Waals surface area contributed by atoms with E-state index in [9.17, 15) is 4.79 Å². The molecule has 2 aromatic rings. The van der Waals surface area contributed by atoms with Crippen molar-refractivity contribution >= 4 is 32.6 Å². The largest absolute Gasteiger partial charge is 0.497 e. The molecule has 0 saturated carbocycles. The molecule has 20 heavy (non-hydrogen) atoms. The number of amides is 1. The van der Waals surface area contributed by atoms with Gasteiger partial charge in [-0.25, -0.2) is 4.98 Å². The molecule has 1 N–H and O–H groups in total. The van der Waals surface area contributed by atoms with E-state index in [1.54, 1.807) is 14.2 Å². The van der Waals surface area contributed by atoms with Gasteiger partial charge >= 0.3 is 0 Å². The van der Waals surface area contributed by atoms with Gasteiger partial charge in [0.1, 0.15) is 12.4 Å². The van der Waals surface area contributed by atoms with Gasteiger partial charge in [0, 0.05) is 7.11 Å². The number of anilines is 1. The Morgan fingerprint density at radius 1 is 1.35 bits per heavy atom. The van der Waals surface area contributed by atoms with Gasteiger partial charge in [-0.05, 0) is 18.2 Å². The van der Waals surface area contributed by atoms with Gasteiger partial charge in [-0.2, -0.15) is 0 Å². The lowest BCUT2D eigenvalue weighted by atomic mass is 10.3. The number of carbonyl (C=O) groups excluding carboxylic acids is 1. The molecule has 1 amide bonds. The highest BCUT2D eigenvalue weighted by molar-refractivity contribution is 7.22. The molecular weight excluding hydrogens is 280 g/mol. The average Bonchev–Trinajstić information content (AvgIpc) is 2.84. The van der Waals surface area contributed by atoms with E-state index in [2.05, 4.69) is 10.3 Å². The summed E-state index contributed by atoms with van der Waals surface area (Å²) in [6.07, 6.45) is 0. The molecule has 0 aliphatic heterocycles. The van der Waals surface area contributed by atoms with Gasteiger partial charge in [0.25, 0.3) is 5.91 Å². The number of hydrogen-bond acceptors (Lipinski definition) is 6. The number of rotatable bonds is 7. The molecule has 108 valence electrons. The lowest BCUT2D eigenvalue weighted by Crippen LogP contribution is -2.19. The van der Waals surface area contributed by atoms with E-state index in [-0.39, 0.29) is 12.5 Å². The average molecular weight is 296 g/mol. The zero-order chi connectivity index (χ0) is 14.4. The highest BCUT2D eigenvalue weighted by Crippen LogP contribution is 2.28. The number of thiazole rings is 1. The van der Waals surface area contributed by atoms with E-state index in [4.69, 9.17) is 14.2 Å². The van der Waals surface area contributed by atoms with Gasteiger partial charge in [-0.15, -0.1) is 0 Å². The maximum atomic E-state index is 11.6. The third kappa shape index (κ3) is 3.89. The van der Waals surface area contributed by atoms with Crippen LogP contribution in [0.15, 0.2) is 18.2 Å². The topological polar surface area (TPSA) is 69.7 Å². The number of benzene rings is 1. The Balaban J connectivity index is 1.94. The number of methoxy groups -OCH3 is 2. The Kier molecular flexibility index (Phi) is 5.28. The first-order valence-electron chi connectivity index (χ1n) is 6.04. The Hall–Kier alpha value is -1.70. The van der Waals surface area contributed by atoms with Crippen LogP contribution in [0.25, 0.3) is 10.2 Å². The summed E-state index contributed by atoms with van der Waals surface area (Å²) >= 11 is 1.40. The van der Waals surface area contributed by atoms with Crippen molar-refractivity contribution in [1.29, 1.82) is 0 Å². The van der Waals surface area contributed by atoms with Gasteiger partial charge < -0.3 is 14.2 Å². The lowest BCUT2D eigenvalue weighted by molar-refractivity contribution is -0.121. The number of nitrogens with zero attached hydrogens (tertiary/aromatic N) is 1. The van der Waals surface area contributed by atoms with Crippen molar-refractivity contribution in [3.63, 3.8) is 0 Å². The van der Waals surface area contributed by atoms with Gasteiger partial charge in [0.15, 0.2) is 5.13 Å². The first-order chi connectivity index (χ1) is 9.72. The summed E-state index contributed by atoms with van der Waals surface area (Å²) in [4.78, 5) is 16.0. The molecule has 0 aliphatic carbocycles. The maximum Gasteiger partial charge on any atom is 0.252 e. The first kappa shape index (κ1) is 14.7. The number of fused-ring (bicyclic) bond motifs is 1. The van der Waals surface area contributed by atoms with Crippen LogP contribution in [0, 0.1) is 0 Å². The number of ether oxygens (including phenoxy) is 3. The van der Waals surface area contributed by atoms with Crippen LogP contribution in [-0.2, 0) is 14.3 Å². The second kappa shape index (κ2) is 7.18. The van der Waals surface area contributed by atoms with E-state index in [1.165, 1.54) is 11.3 Å². The molecule has 1 heterocycles. The standard InChI is InChI=1S/C13H16N2O4S/c1-17-5-6-19-8-12(16)15-13-14-10-4-3-9(18-2)7-11(10)20-13/h3-4,7H,5-6,8H2,1-2H3,(H,14,15,16). The molecule has 0 atom stereocenters. The smallest absolute Gasteiger partial charge is 0.252 e. The zero-order valence-electron chi connectivity index (χ0n) is 11.3. The van der Waals surface area contributed by atoms with Gasteiger partial charge in [-0.1, -0.05) is 11.3 Å². The quantitative estimate of drug-likeness (QED) is 0.790. The van der Waals surface area contributed by atoms with Crippen LogP contribution in [-0.4, -0.2) is 44.9 Å². The molecule has 0 bridgehead atoms. The highest BCUT2D eigenvalue weighted by atomic mass is 32.1. The Labute approximate surface area is 120 Å². The van der Waals surface area contributed by atoms with Gasteiger partial charge in [0.2, 0.25) is 0 Å². The van der Waals surface area contributed by atoms with Crippen LogP contribution in [0.4, 0.5) is 5.13 Å². The molecular formula is C13H16N2O4S. The molecule has 0 unspecified atom stereocenters. The minimum Gasteiger partial charge on any atom is -0.497 e. The van der Waals surface area contributed by atoms with Crippen LogP contribution in [0.3, 0.4) is 0 Å². The lowest BCUT2D eigenvalue weighted by Gasteiger charge is -2.02. The summed E-state index contributed by atoms with van der Waals surface area (Å²) in [5, 5.41) is 3.26. The zero-order valence-corrected chi connectivity index (χ0v) is 12.2.